The van der Waals surface area contributed by atoms with Crippen molar-refractivity contribution in [2.75, 3.05) is 0 Å². The molecular weight excluding hydrogens is 302 g/mol. The molecule has 2 aliphatic rings. The standard InChI is InChI=1S/C19H19NO2Si/c1-23(2)17-9-5-8-12-13(17)10-11-16(12)20-18(21)14-6-3-4-7-15(14)19(20)22/h3-9,16,23H,10-11H2,1-2H3. The molecule has 2 amide bonds. The number of hydrogen-bond acceptors (Lipinski definition) is 2. The van der Waals surface area contributed by atoms with Crippen LogP contribution in [-0.2, 0) is 6.42 Å². The highest BCUT2D eigenvalue weighted by Gasteiger charge is 2.42. The molecule has 0 saturated carbocycles. The van der Waals surface area contributed by atoms with Crippen LogP contribution in [0, 0.1) is 0 Å². The summed E-state index contributed by atoms with van der Waals surface area (Å²) in [7, 11) is -0.914. The minimum atomic E-state index is -0.914. The van der Waals surface area contributed by atoms with Crippen LogP contribution in [0.3, 0.4) is 0 Å². The number of fused-ring (bicyclic) bond motifs is 2. The summed E-state index contributed by atoms with van der Waals surface area (Å²) in [5.74, 6) is -0.286. The van der Waals surface area contributed by atoms with E-state index in [0.717, 1.165) is 12.8 Å². The highest BCUT2D eigenvalue weighted by molar-refractivity contribution is 6.71. The van der Waals surface area contributed by atoms with Crippen LogP contribution < -0.4 is 5.19 Å². The summed E-state index contributed by atoms with van der Waals surface area (Å²) in [6.45, 7) is 4.65. The van der Waals surface area contributed by atoms with Crippen molar-refractivity contribution in [1.29, 1.82) is 0 Å². The summed E-state index contributed by atoms with van der Waals surface area (Å²) in [5, 5.41) is 1.47. The maximum Gasteiger partial charge on any atom is 0.262 e. The zero-order valence-electron chi connectivity index (χ0n) is 13.4. The van der Waals surface area contributed by atoms with Crippen molar-refractivity contribution < 1.29 is 9.59 Å². The molecule has 0 saturated heterocycles. The lowest BCUT2D eigenvalue weighted by Crippen LogP contribution is -2.33. The van der Waals surface area contributed by atoms with Crippen LogP contribution in [0.1, 0.15) is 44.3 Å². The Morgan fingerprint density at radius 1 is 0.957 bits per heavy atom. The number of carbonyl (C=O) groups excluding carboxylic acids is 2. The first kappa shape index (κ1) is 14.4. The molecule has 1 aliphatic carbocycles. The number of hydrogen-bond donors (Lipinski definition) is 0. The van der Waals surface area contributed by atoms with Gasteiger partial charge >= 0.3 is 0 Å². The molecule has 1 heterocycles. The fourth-order valence-electron chi connectivity index (χ4n) is 3.96. The summed E-state index contributed by atoms with van der Waals surface area (Å²) >= 11 is 0. The zero-order chi connectivity index (χ0) is 16.1. The van der Waals surface area contributed by atoms with E-state index in [4.69, 9.17) is 0 Å². The van der Waals surface area contributed by atoms with Gasteiger partial charge in [-0.05, 0) is 36.1 Å². The largest absolute Gasteiger partial charge is 0.269 e. The van der Waals surface area contributed by atoms with Crippen molar-refractivity contribution >= 4 is 25.8 Å². The lowest BCUT2D eigenvalue weighted by molar-refractivity contribution is 0.0582. The van der Waals surface area contributed by atoms with Gasteiger partial charge in [-0.2, -0.15) is 0 Å². The van der Waals surface area contributed by atoms with Gasteiger partial charge in [0.25, 0.3) is 11.8 Å². The van der Waals surface area contributed by atoms with Crippen LogP contribution in [0.2, 0.25) is 13.1 Å². The molecule has 3 nitrogen and oxygen atoms in total. The summed E-state index contributed by atoms with van der Waals surface area (Å²) in [6, 6.07) is 13.4. The Bertz CT molecular complexity index is 793. The topological polar surface area (TPSA) is 37.4 Å². The van der Waals surface area contributed by atoms with Gasteiger partial charge in [0.15, 0.2) is 0 Å². The van der Waals surface area contributed by atoms with Crippen LogP contribution in [0.4, 0.5) is 0 Å². The molecule has 1 atom stereocenters. The van der Waals surface area contributed by atoms with Gasteiger partial charge in [-0.3, -0.25) is 14.5 Å². The van der Waals surface area contributed by atoms with Crippen molar-refractivity contribution in [2.24, 2.45) is 0 Å². The molecule has 0 fully saturated rings. The summed E-state index contributed by atoms with van der Waals surface area (Å²) in [4.78, 5) is 27.0. The summed E-state index contributed by atoms with van der Waals surface area (Å²) in [6.07, 6.45) is 1.81. The average molecular weight is 321 g/mol. The molecule has 1 aliphatic heterocycles. The molecule has 0 bridgehead atoms. The fraction of sp³-hybridized carbons (Fsp3) is 0.263. The van der Waals surface area contributed by atoms with Gasteiger partial charge in [-0.1, -0.05) is 48.6 Å². The molecule has 4 heteroatoms. The Morgan fingerprint density at radius 2 is 1.61 bits per heavy atom. The Balaban J connectivity index is 1.78. The maximum absolute atomic E-state index is 12.7. The van der Waals surface area contributed by atoms with Gasteiger partial charge in [-0.25, -0.2) is 0 Å². The number of amides is 2. The van der Waals surface area contributed by atoms with Crippen LogP contribution in [0.15, 0.2) is 42.5 Å². The lowest BCUT2D eigenvalue weighted by Gasteiger charge is -2.23. The SMILES string of the molecule is C[SiH](C)c1cccc2c1CCC2N1C(=O)c2ccccc2C1=O. The Morgan fingerprint density at radius 3 is 2.22 bits per heavy atom. The summed E-state index contributed by atoms with van der Waals surface area (Å²) in [5.41, 5.74) is 3.65. The molecule has 23 heavy (non-hydrogen) atoms. The Labute approximate surface area is 137 Å². The van der Waals surface area contributed by atoms with E-state index in [1.165, 1.54) is 21.2 Å². The van der Waals surface area contributed by atoms with Crippen molar-refractivity contribution in [3.63, 3.8) is 0 Å². The van der Waals surface area contributed by atoms with Gasteiger partial charge < -0.3 is 0 Å². The third-order valence-electron chi connectivity index (χ3n) is 5.03. The molecule has 0 radical (unpaired) electrons. The minimum absolute atomic E-state index is 0.106. The number of carbonyl (C=O) groups is 2. The molecule has 1 unspecified atom stereocenters. The second-order valence-corrected chi connectivity index (χ2v) is 9.58. The fourth-order valence-corrected chi connectivity index (χ4v) is 5.46. The van der Waals surface area contributed by atoms with E-state index in [9.17, 15) is 9.59 Å². The number of imide groups is 1. The first-order valence-electron chi connectivity index (χ1n) is 8.18. The van der Waals surface area contributed by atoms with Crippen LogP contribution >= 0.6 is 0 Å². The molecule has 4 rings (SSSR count). The number of nitrogens with zero attached hydrogens (tertiary/aromatic N) is 1. The molecule has 0 spiro atoms. The third-order valence-corrected chi connectivity index (χ3v) is 6.82. The highest BCUT2D eigenvalue weighted by atomic mass is 28.3. The van der Waals surface area contributed by atoms with Crippen LogP contribution in [-0.4, -0.2) is 25.5 Å². The molecule has 0 aromatic heterocycles. The maximum atomic E-state index is 12.7. The van der Waals surface area contributed by atoms with Gasteiger partial charge in [0.1, 0.15) is 0 Å². The van der Waals surface area contributed by atoms with Crippen LogP contribution in [0.5, 0.6) is 0 Å². The lowest BCUT2D eigenvalue weighted by atomic mass is 10.1. The summed E-state index contributed by atoms with van der Waals surface area (Å²) < 4.78 is 0. The molecule has 2 aromatic rings. The van der Waals surface area contributed by atoms with Gasteiger partial charge in [0.05, 0.1) is 26.0 Å². The van der Waals surface area contributed by atoms with E-state index in [1.54, 1.807) is 12.1 Å². The van der Waals surface area contributed by atoms with E-state index < -0.39 is 8.80 Å². The molecule has 2 aromatic carbocycles. The smallest absolute Gasteiger partial charge is 0.262 e. The second kappa shape index (κ2) is 5.17. The average Bonchev–Trinajstić information content (AvgIpc) is 3.08. The monoisotopic (exact) mass is 321 g/mol. The van der Waals surface area contributed by atoms with Gasteiger partial charge in [-0.15, -0.1) is 0 Å². The quantitative estimate of drug-likeness (QED) is 0.630. The molecular formula is C19H19NO2Si. The van der Waals surface area contributed by atoms with Crippen molar-refractivity contribution in [3.8, 4) is 0 Å². The predicted molar refractivity (Wildman–Crippen MR) is 93.0 cm³/mol. The van der Waals surface area contributed by atoms with Gasteiger partial charge in [0.2, 0.25) is 0 Å². The van der Waals surface area contributed by atoms with Crippen molar-refractivity contribution in [2.45, 2.75) is 32.0 Å². The highest BCUT2D eigenvalue weighted by Crippen LogP contribution is 2.39. The van der Waals surface area contributed by atoms with Crippen molar-refractivity contribution in [3.05, 3.63) is 64.7 Å². The predicted octanol–water partition coefficient (Wildman–Crippen LogP) is 2.66. The first-order valence-corrected chi connectivity index (χ1v) is 11.1. The van der Waals surface area contributed by atoms with E-state index in [0.29, 0.717) is 11.1 Å². The van der Waals surface area contributed by atoms with E-state index in [1.807, 2.05) is 12.1 Å². The Hall–Kier alpha value is -2.20. The second-order valence-electron chi connectivity index (χ2n) is 6.65. The number of rotatable bonds is 2. The minimum Gasteiger partial charge on any atom is -0.269 e. The van der Waals surface area contributed by atoms with Crippen molar-refractivity contribution in [1.82, 2.24) is 4.90 Å². The normalized spacial score (nSPS) is 19.4. The molecule has 0 N–H and O–H groups in total. The zero-order valence-corrected chi connectivity index (χ0v) is 14.5. The first-order chi connectivity index (χ1) is 11.1. The number of benzene rings is 2. The van der Waals surface area contributed by atoms with E-state index in [-0.39, 0.29) is 17.9 Å². The Kier molecular flexibility index (Phi) is 3.23. The van der Waals surface area contributed by atoms with E-state index in [2.05, 4.69) is 31.3 Å². The third kappa shape index (κ3) is 2.01. The van der Waals surface area contributed by atoms with Crippen LogP contribution in [0.25, 0.3) is 0 Å². The van der Waals surface area contributed by atoms with Gasteiger partial charge in [0, 0.05) is 0 Å². The molecule has 116 valence electrons. The van der Waals surface area contributed by atoms with E-state index >= 15 is 0 Å².